The van der Waals surface area contributed by atoms with Gasteiger partial charge in [0.2, 0.25) is 5.91 Å². The number of fused-ring (bicyclic) bond motifs is 3. The first-order chi connectivity index (χ1) is 18.8. The van der Waals surface area contributed by atoms with Gasteiger partial charge in [0, 0.05) is 24.8 Å². The van der Waals surface area contributed by atoms with Crippen LogP contribution in [-0.4, -0.2) is 66.5 Å². The molecule has 0 unspecified atom stereocenters. The van der Waals surface area contributed by atoms with Gasteiger partial charge in [0.1, 0.15) is 24.7 Å². The number of hydrogen-bond donors (Lipinski definition) is 3. The number of halogens is 1. The minimum absolute atomic E-state index is 0.0909. The van der Waals surface area contributed by atoms with E-state index in [-0.39, 0.29) is 38.3 Å². The summed E-state index contributed by atoms with van der Waals surface area (Å²) in [5.74, 6) is -0.675. The van der Waals surface area contributed by atoms with E-state index in [0.717, 1.165) is 17.7 Å². The molecule has 2 aromatic carbocycles. The molecule has 2 aromatic rings. The molecule has 2 fully saturated rings. The maximum atomic E-state index is 14.0. The van der Waals surface area contributed by atoms with Gasteiger partial charge < -0.3 is 30.3 Å². The number of carbonyl (C=O) groups is 4. The fourth-order valence-corrected chi connectivity index (χ4v) is 5.59. The van der Waals surface area contributed by atoms with Crippen molar-refractivity contribution in [2.75, 3.05) is 32.1 Å². The number of carbonyl (C=O) groups excluding carboxylic acids is 4. The van der Waals surface area contributed by atoms with E-state index in [4.69, 9.17) is 9.47 Å². The molecule has 4 aliphatic rings. The van der Waals surface area contributed by atoms with Gasteiger partial charge in [0.25, 0.3) is 5.91 Å². The number of nitrogens with one attached hydrogen (secondary N) is 3. The number of rotatable bonds is 4. The molecule has 0 radical (unpaired) electrons. The van der Waals surface area contributed by atoms with E-state index in [0.29, 0.717) is 28.1 Å². The topological polar surface area (TPSA) is 129 Å². The Morgan fingerprint density at radius 2 is 1.97 bits per heavy atom. The summed E-state index contributed by atoms with van der Waals surface area (Å²) in [5.41, 5.74) is 0.742. The van der Waals surface area contributed by atoms with E-state index in [1.54, 1.807) is 29.2 Å². The average molecular weight is 538 g/mol. The molecule has 39 heavy (non-hydrogen) atoms. The molecule has 204 valence electrons. The van der Waals surface area contributed by atoms with Crippen molar-refractivity contribution >= 4 is 29.6 Å². The van der Waals surface area contributed by atoms with Crippen molar-refractivity contribution in [3.05, 3.63) is 58.9 Å². The summed E-state index contributed by atoms with van der Waals surface area (Å²) >= 11 is 0. The number of nitrogens with zero attached hydrogens (tertiary/aromatic N) is 2. The van der Waals surface area contributed by atoms with Crippen LogP contribution in [0.2, 0.25) is 0 Å². The quantitative estimate of drug-likeness (QED) is 0.512. The maximum Gasteiger partial charge on any atom is 0.325 e. The Morgan fingerprint density at radius 3 is 2.74 bits per heavy atom. The van der Waals surface area contributed by atoms with Gasteiger partial charge in [-0.3, -0.25) is 14.5 Å². The maximum absolute atomic E-state index is 14.0. The Morgan fingerprint density at radius 1 is 1.15 bits per heavy atom. The van der Waals surface area contributed by atoms with E-state index in [2.05, 4.69) is 16.0 Å². The van der Waals surface area contributed by atoms with Crippen molar-refractivity contribution in [1.82, 2.24) is 20.4 Å². The van der Waals surface area contributed by atoms with Gasteiger partial charge >= 0.3 is 12.1 Å². The fraction of sp³-hybridized carbons (Fsp3) is 0.407. The normalized spacial score (nSPS) is 23.9. The van der Waals surface area contributed by atoms with Crippen LogP contribution in [0.3, 0.4) is 0 Å². The Kier molecular flexibility index (Phi) is 6.13. The molecule has 6 rings (SSSR count). The third-order valence-corrected chi connectivity index (χ3v) is 7.75. The Labute approximate surface area is 223 Å². The van der Waals surface area contributed by atoms with Crippen LogP contribution in [0.1, 0.15) is 29.5 Å². The van der Waals surface area contributed by atoms with E-state index in [9.17, 15) is 23.6 Å². The molecule has 3 N–H and O–H groups in total. The molecule has 1 spiro atoms. The van der Waals surface area contributed by atoms with E-state index in [1.807, 2.05) is 0 Å². The third-order valence-electron chi connectivity index (χ3n) is 7.75. The molecule has 3 aliphatic heterocycles. The highest BCUT2D eigenvalue weighted by atomic mass is 19.1. The van der Waals surface area contributed by atoms with Crippen LogP contribution in [-0.2, 0) is 33.0 Å². The van der Waals surface area contributed by atoms with Gasteiger partial charge in [0.05, 0.1) is 19.3 Å². The molecular weight excluding hydrogens is 509 g/mol. The van der Waals surface area contributed by atoms with E-state index in [1.165, 1.54) is 19.2 Å². The highest BCUT2D eigenvalue weighted by Crippen LogP contribution is 2.40. The van der Waals surface area contributed by atoms with Crippen LogP contribution < -0.4 is 20.7 Å². The minimum atomic E-state index is -1.48. The van der Waals surface area contributed by atoms with Crippen molar-refractivity contribution in [3.63, 3.8) is 0 Å². The Hall–Kier alpha value is -4.19. The number of hydrogen-bond acceptors (Lipinski definition) is 6. The van der Waals surface area contributed by atoms with Crippen LogP contribution in [0, 0.1) is 11.7 Å². The Balaban J connectivity index is 1.25. The smallest absolute Gasteiger partial charge is 0.325 e. The predicted molar refractivity (Wildman–Crippen MR) is 135 cm³/mol. The molecule has 1 saturated carbocycles. The molecule has 0 bridgehead atoms. The van der Waals surface area contributed by atoms with Crippen molar-refractivity contribution < 1.29 is 33.0 Å². The largest absolute Gasteiger partial charge is 0.491 e. The van der Waals surface area contributed by atoms with Gasteiger partial charge in [-0.15, -0.1) is 0 Å². The zero-order valence-electron chi connectivity index (χ0n) is 21.3. The molecule has 1 saturated heterocycles. The molecule has 1 aliphatic carbocycles. The van der Waals surface area contributed by atoms with Gasteiger partial charge in [-0.05, 0) is 60.2 Å². The van der Waals surface area contributed by atoms with Gasteiger partial charge in [0.15, 0.2) is 5.54 Å². The van der Waals surface area contributed by atoms with Crippen molar-refractivity contribution in [1.29, 1.82) is 0 Å². The molecule has 6 amide bonds. The molecular formula is C27H28FN5O6. The fourth-order valence-electron chi connectivity index (χ4n) is 5.59. The van der Waals surface area contributed by atoms with Crippen LogP contribution in [0.25, 0.3) is 0 Å². The lowest BCUT2D eigenvalue weighted by Gasteiger charge is -2.34. The molecule has 0 aromatic heterocycles. The van der Waals surface area contributed by atoms with Crippen LogP contribution in [0.5, 0.6) is 5.75 Å². The number of anilines is 1. The number of ether oxygens (including phenoxy) is 2. The lowest BCUT2D eigenvalue weighted by molar-refractivity contribution is -0.143. The lowest BCUT2D eigenvalue weighted by atomic mass is 9.85. The molecule has 11 nitrogen and oxygen atoms in total. The number of benzene rings is 2. The zero-order valence-corrected chi connectivity index (χ0v) is 21.3. The lowest BCUT2D eigenvalue weighted by Crippen LogP contribution is -2.52. The summed E-state index contributed by atoms with van der Waals surface area (Å²) in [4.78, 5) is 54.8. The Bertz CT molecular complexity index is 1380. The third kappa shape index (κ3) is 4.44. The number of amides is 6. The van der Waals surface area contributed by atoms with Gasteiger partial charge in [-0.1, -0.05) is 6.07 Å². The number of imide groups is 1. The second-order valence-electron chi connectivity index (χ2n) is 10.3. The van der Waals surface area contributed by atoms with Crippen molar-refractivity contribution in [2.24, 2.45) is 5.92 Å². The summed E-state index contributed by atoms with van der Waals surface area (Å²) < 4.78 is 25.6. The van der Waals surface area contributed by atoms with Crippen molar-refractivity contribution in [3.8, 4) is 5.75 Å². The predicted octanol–water partition coefficient (Wildman–Crippen LogP) is 2.05. The summed E-state index contributed by atoms with van der Waals surface area (Å²) in [6, 6.07) is 7.88. The van der Waals surface area contributed by atoms with Gasteiger partial charge in [-0.25, -0.2) is 14.0 Å². The van der Waals surface area contributed by atoms with E-state index >= 15 is 0 Å². The first-order valence-electron chi connectivity index (χ1n) is 12.8. The van der Waals surface area contributed by atoms with Crippen LogP contribution in [0.4, 0.5) is 19.7 Å². The average Bonchev–Trinajstić information content (AvgIpc) is 3.74. The minimum Gasteiger partial charge on any atom is -0.491 e. The summed E-state index contributed by atoms with van der Waals surface area (Å²) in [6.07, 6.45) is 1.89. The van der Waals surface area contributed by atoms with E-state index < -0.39 is 41.8 Å². The highest BCUT2D eigenvalue weighted by molar-refractivity contribution is 6.10. The standard InChI is InChI=1S/C27H28FN5O6/c1-29-25(36)30-19-5-6-20-17(9-19)12-38-14-27(20)24(35)33(26(37)31-27)11-23(34)32-10-16-8-18(28)4-7-22(16)39-13-21(32)15-2-3-15/h4-9,15,21H,2-3,10-14H2,1H3,(H,31,37)(H2,29,30,36)/t21-,27+/m0/s1. The zero-order chi connectivity index (χ0) is 27.3. The molecule has 2 atom stereocenters. The molecule has 12 heteroatoms. The summed E-state index contributed by atoms with van der Waals surface area (Å²) in [7, 11) is 1.50. The highest BCUT2D eigenvalue weighted by Gasteiger charge is 2.55. The number of urea groups is 2. The summed E-state index contributed by atoms with van der Waals surface area (Å²) in [6.45, 7) is 0.00919. The second-order valence-corrected chi connectivity index (χ2v) is 10.3. The molecule has 3 heterocycles. The first kappa shape index (κ1) is 25.1. The van der Waals surface area contributed by atoms with Crippen molar-refractivity contribution in [2.45, 2.75) is 37.6 Å². The van der Waals surface area contributed by atoms with Gasteiger partial charge in [-0.2, -0.15) is 0 Å². The van der Waals surface area contributed by atoms with Crippen LogP contribution >= 0.6 is 0 Å². The monoisotopic (exact) mass is 537 g/mol. The first-order valence-corrected chi connectivity index (χ1v) is 12.8. The SMILES string of the molecule is CNC(=O)Nc1ccc2c(c1)COC[C@@]21NC(=O)N(CC(=O)N2Cc3cc(F)ccc3OC[C@H]2C2CC2)C1=O. The second kappa shape index (κ2) is 9.53. The van der Waals surface area contributed by atoms with Crippen LogP contribution in [0.15, 0.2) is 36.4 Å². The summed E-state index contributed by atoms with van der Waals surface area (Å²) in [5, 5.41) is 7.90.